The molecule has 1 aromatic carbocycles. The molecule has 2 atom stereocenters. The number of rotatable bonds is 10. The summed E-state index contributed by atoms with van der Waals surface area (Å²) in [5, 5.41) is 44.7. The van der Waals surface area contributed by atoms with Crippen LogP contribution in [0.25, 0.3) is 0 Å². The number of nitrogens with zero attached hydrogens (tertiary/aromatic N) is 1. The van der Waals surface area contributed by atoms with Crippen molar-refractivity contribution in [1.29, 1.82) is 0 Å². The molecular weight excluding hydrogens is 482 g/mol. The highest BCUT2D eigenvalue weighted by Crippen LogP contribution is 2.38. The van der Waals surface area contributed by atoms with Gasteiger partial charge in [0.25, 0.3) is 0 Å². The quantitative estimate of drug-likeness (QED) is 0.270. The number of aromatic hydroxyl groups is 1. The fraction of sp³-hybridized carbons (Fsp3) is 0.633. The van der Waals surface area contributed by atoms with Crippen molar-refractivity contribution < 1.29 is 25.2 Å². The van der Waals surface area contributed by atoms with Gasteiger partial charge in [-0.3, -0.25) is 0 Å². The van der Waals surface area contributed by atoms with E-state index in [4.69, 9.17) is 9.84 Å². The Hall–Kier alpha value is -2.23. The molecule has 0 radical (unpaired) electrons. The van der Waals surface area contributed by atoms with Crippen molar-refractivity contribution in [3.05, 3.63) is 53.3 Å². The Labute approximate surface area is 228 Å². The maximum Gasteiger partial charge on any atom is 0.139 e. The lowest BCUT2D eigenvalue weighted by Crippen LogP contribution is -2.42. The highest BCUT2D eigenvalue weighted by molar-refractivity contribution is 5.36. The molecule has 0 aliphatic heterocycles. The molecular formula is C30H49N3O5. The van der Waals surface area contributed by atoms with Crippen LogP contribution >= 0.6 is 0 Å². The molecule has 6 N–H and O–H groups in total. The first-order valence-electron chi connectivity index (χ1n) is 13.7. The zero-order chi connectivity index (χ0) is 28.3. The Morgan fingerprint density at radius 3 is 2.13 bits per heavy atom. The predicted molar refractivity (Wildman–Crippen MR) is 151 cm³/mol. The largest absolute Gasteiger partial charge is 0.506 e. The molecule has 1 fully saturated rings. The van der Waals surface area contributed by atoms with E-state index in [2.05, 4.69) is 48.5 Å². The minimum atomic E-state index is -0.764. The van der Waals surface area contributed by atoms with Crippen molar-refractivity contribution in [2.24, 2.45) is 0 Å². The van der Waals surface area contributed by atoms with Crippen LogP contribution in [0.4, 0.5) is 0 Å². The molecule has 1 aromatic heterocycles. The number of para-hydroxylation sites is 1. The van der Waals surface area contributed by atoms with E-state index in [1.807, 2.05) is 32.9 Å². The van der Waals surface area contributed by atoms with Crippen LogP contribution in [-0.4, -0.2) is 62.3 Å². The zero-order valence-electron chi connectivity index (χ0n) is 24.0. The third-order valence-electron chi connectivity index (χ3n) is 6.30. The van der Waals surface area contributed by atoms with Crippen molar-refractivity contribution in [2.45, 2.75) is 103 Å². The maximum absolute atomic E-state index is 10.0. The van der Waals surface area contributed by atoms with Crippen LogP contribution < -0.4 is 15.4 Å². The van der Waals surface area contributed by atoms with E-state index in [0.717, 1.165) is 5.75 Å². The molecule has 8 nitrogen and oxygen atoms in total. The van der Waals surface area contributed by atoms with Crippen molar-refractivity contribution in [2.75, 3.05) is 19.7 Å². The van der Waals surface area contributed by atoms with Crippen LogP contribution in [0.1, 0.15) is 96.2 Å². The highest BCUT2D eigenvalue weighted by Gasteiger charge is 2.21. The fourth-order valence-electron chi connectivity index (χ4n) is 4.18. The Bertz CT molecular complexity index is 965. The van der Waals surface area contributed by atoms with Gasteiger partial charge in [0.2, 0.25) is 0 Å². The van der Waals surface area contributed by atoms with E-state index < -0.39 is 12.2 Å². The Balaban J connectivity index is 0.000000273. The maximum atomic E-state index is 10.0. The second kappa shape index (κ2) is 14.8. The third-order valence-corrected chi connectivity index (χ3v) is 6.30. The summed E-state index contributed by atoms with van der Waals surface area (Å²) in [6, 6.07) is 11.3. The summed E-state index contributed by atoms with van der Waals surface area (Å²) in [5.74, 6) is 1.51. The number of aliphatic hydroxyl groups is 3. The molecule has 0 bridgehead atoms. The molecule has 2 aromatic rings. The van der Waals surface area contributed by atoms with Gasteiger partial charge in [-0.1, -0.05) is 31.0 Å². The van der Waals surface area contributed by atoms with Gasteiger partial charge in [-0.25, -0.2) is 4.98 Å². The van der Waals surface area contributed by atoms with E-state index >= 15 is 0 Å². The van der Waals surface area contributed by atoms with E-state index in [0.29, 0.717) is 31.3 Å². The van der Waals surface area contributed by atoms with Gasteiger partial charge in [-0.2, -0.15) is 0 Å². The summed E-state index contributed by atoms with van der Waals surface area (Å²) >= 11 is 0. The second-order valence-electron chi connectivity index (χ2n) is 12.1. The molecule has 38 heavy (non-hydrogen) atoms. The first kappa shape index (κ1) is 32.0. The Morgan fingerprint density at radius 1 is 0.921 bits per heavy atom. The Kier molecular flexibility index (Phi) is 12.5. The topological polar surface area (TPSA) is 127 Å². The van der Waals surface area contributed by atoms with Crippen LogP contribution in [0.3, 0.4) is 0 Å². The van der Waals surface area contributed by atoms with Gasteiger partial charge in [0.1, 0.15) is 36.0 Å². The number of pyridine rings is 1. The first-order chi connectivity index (χ1) is 17.8. The molecule has 1 heterocycles. The molecule has 0 amide bonds. The summed E-state index contributed by atoms with van der Waals surface area (Å²) in [4.78, 5) is 4.00. The van der Waals surface area contributed by atoms with Crippen LogP contribution in [-0.2, 0) is 6.61 Å². The molecule has 0 saturated heterocycles. The van der Waals surface area contributed by atoms with E-state index in [-0.39, 0.29) is 29.1 Å². The van der Waals surface area contributed by atoms with E-state index in [1.54, 1.807) is 6.07 Å². The number of ether oxygens (including phenoxy) is 1. The van der Waals surface area contributed by atoms with Crippen LogP contribution in [0, 0.1) is 0 Å². The van der Waals surface area contributed by atoms with Gasteiger partial charge >= 0.3 is 0 Å². The minimum absolute atomic E-state index is 0.0166. The van der Waals surface area contributed by atoms with Crippen molar-refractivity contribution in [1.82, 2.24) is 15.6 Å². The molecule has 3 rings (SSSR count). The number of aromatic nitrogens is 1. The molecule has 1 aliphatic rings. The molecule has 1 unspecified atom stereocenters. The number of β-amino-alcohol motifs (C(OH)–C–C–N with tert-alkyl or cyclic N) is 2. The van der Waals surface area contributed by atoms with Crippen molar-refractivity contribution >= 4 is 0 Å². The summed E-state index contributed by atoms with van der Waals surface area (Å²) in [7, 11) is 0. The Morgan fingerprint density at radius 2 is 1.53 bits per heavy atom. The lowest BCUT2D eigenvalue weighted by atomic mass is 9.97. The molecule has 0 spiro atoms. The van der Waals surface area contributed by atoms with Crippen LogP contribution in [0.5, 0.6) is 11.5 Å². The van der Waals surface area contributed by atoms with E-state index in [9.17, 15) is 15.3 Å². The van der Waals surface area contributed by atoms with Crippen molar-refractivity contribution in [3.63, 3.8) is 0 Å². The van der Waals surface area contributed by atoms with Gasteiger partial charge < -0.3 is 35.8 Å². The first-order valence-corrected chi connectivity index (χ1v) is 13.7. The van der Waals surface area contributed by atoms with Crippen LogP contribution in [0.2, 0.25) is 0 Å². The average molecular weight is 532 g/mol. The lowest BCUT2D eigenvalue weighted by molar-refractivity contribution is 0.0993. The minimum Gasteiger partial charge on any atom is -0.506 e. The van der Waals surface area contributed by atoms with Gasteiger partial charge in [-0.05, 0) is 84.1 Å². The third kappa shape index (κ3) is 11.7. The number of aliphatic hydroxyl groups excluding tert-OH is 3. The normalized spacial score (nSPS) is 16.0. The monoisotopic (exact) mass is 531 g/mol. The summed E-state index contributed by atoms with van der Waals surface area (Å²) < 4.78 is 5.89. The summed E-state index contributed by atoms with van der Waals surface area (Å²) in [6.45, 7) is 13.2. The van der Waals surface area contributed by atoms with Gasteiger partial charge in [0, 0.05) is 24.2 Å². The van der Waals surface area contributed by atoms with Crippen LogP contribution in [0.15, 0.2) is 36.4 Å². The molecule has 214 valence electrons. The van der Waals surface area contributed by atoms with Gasteiger partial charge in [0.15, 0.2) is 0 Å². The smallest absolute Gasteiger partial charge is 0.139 e. The van der Waals surface area contributed by atoms with Gasteiger partial charge in [0.05, 0.1) is 12.3 Å². The predicted octanol–water partition coefficient (Wildman–Crippen LogP) is 4.17. The zero-order valence-corrected chi connectivity index (χ0v) is 24.0. The summed E-state index contributed by atoms with van der Waals surface area (Å²) in [5.41, 5.74) is 1.85. The number of nitrogens with one attached hydrogen (secondary N) is 2. The number of hydrogen-bond acceptors (Lipinski definition) is 8. The lowest BCUT2D eigenvalue weighted by Gasteiger charge is -2.23. The molecule has 1 saturated carbocycles. The number of hydrogen-bond donors (Lipinski definition) is 6. The fourth-order valence-corrected chi connectivity index (χ4v) is 4.18. The molecule has 1 aliphatic carbocycles. The summed E-state index contributed by atoms with van der Waals surface area (Å²) in [6.07, 6.45) is 3.90. The van der Waals surface area contributed by atoms with Crippen molar-refractivity contribution in [3.8, 4) is 11.5 Å². The standard InChI is InChI=1S/C18H29NO2.C12H20N2O3/c1-18(2,3)19-12-15(20)13-21-17-11-7-6-10-16(17)14-8-4-5-9-14;1-12(2,3)13-6-11(17)8-4-5-10(16)9(7-15)14-8/h6-7,10-11,14-15,19-20H,4-5,8-9,12-13H2,1-3H3;4-5,11,13,15-17H,6-7H2,1-3H3/t15-;/m0./s1. The molecule has 8 heteroatoms. The average Bonchev–Trinajstić information content (AvgIpc) is 3.39. The SMILES string of the molecule is CC(C)(C)NCC(O)c1ccc(O)c(CO)n1.CC(C)(C)NC[C@H](O)COc1ccccc1C1CCCC1. The second-order valence-corrected chi connectivity index (χ2v) is 12.1. The van der Waals surface area contributed by atoms with Gasteiger partial charge in [-0.15, -0.1) is 0 Å². The highest BCUT2D eigenvalue weighted by atomic mass is 16.5. The number of benzene rings is 1. The van der Waals surface area contributed by atoms with E-state index in [1.165, 1.54) is 37.3 Å².